The van der Waals surface area contributed by atoms with E-state index >= 15 is 0 Å². The maximum atomic E-state index is 13.1. The largest absolute Gasteiger partial charge is 0.447 e. The number of ether oxygens (including phenoxy) is 1. The number of rotatable bonds is 7. The standard InChI is InChI=1S/C24H30N2O5S/c1-4-32(29,30)26-14-12-20(13-15-26)24(28)31-22(19-8-6-5-7-9-19)23(27)25-21-16-17(2)10-11-18(21)3/h5-11,16,20,22H,4,12-15H2,1-3H3,(H,25,27)/t22-/m1/s1. The van der Waals surface area contributed by atoms with Gasteiger partial charge in [-0.3, -0.25) is 9.59 Å². The third-order valence-corrected chi connectivity index (χ3v) is 7.65. The molecule has 0 saturated carbocycles. The number of nitrogens with zero attached hydrogens (tertiary/aromatic N) is 1. The summed E-state index contributed by atoms with van der Waals surface area (Å²) in [5.74, 6) is -1.32. The molecule has 0 bridgehead atoms. The number of amides is 1. The lowest BCUT2D eigenvalue weighted by molar-refractivity contribution is -0.160. The molecule has 0 unspecified atom stereocenters. The Balaban J connectivity index is 1.73. The molecular weight excluding hydrogens is 428 g/mol. The lowest BCUT2D eigenvalue weighted by Gasteiger charge is -2.30. The van der Waals surface area contributed by atoms with Gasteiger partial charge in [-0.1, -0.05) is 42.5 Å². The molecule has 1 atom stereocenters. The van der Waals surface area contributed by atoms with Crippen LogP contribution in [0.5, 0.6) is 0 Å². The SMILES string of the molecule is CCS(=O)(=O)N1CCC(C(=O)O[C@@H](C(=O)Nc2cc(C)ccc2C)c2ccccc2)CC1. The molecule has 0 aliphatic carbocycles. The van der Waals surface area contributed by atoms with Crippen LogP contribution in [-0.4, -0.2) is 43.4 Å². The van der Waals surface area contributed by atoms with Crippen LogP contribution in [0.25, 0.3) is 0 Å². The van der Waals surface area contributed by atoms with Gasteiger partial charge in [0.2, 0.25) is 16.1 Å². The lowest BCUT2D eigenvalue weighted by Crippen LogP contribution is -2.41. The van der Waals surface area contributed by atoms with Crippen molar-refractivity contribution in [1.82, 2.24) is 4.31 Å². The number of carbonyl (C=O) groups excluding carboxylic acids is 2. The van der Waals surface area contributed by atoms with Crippen LogP contribution in [-0.2, 0) is 24.3 Å². The van der Waals surface area contributed by atoms with E-state index < -0.39 is 33.9 Å². The topological polar surface area (TPSA) is 92.8 Å². The highest BCUT2D eigenvalue weighted by molar-refractivity contribution is 7.89. The maximum absolute atomic E-state index is 13.1. The molecule has 1 heterocycles. The third-order valence-electron chi connectivity index (χ3n) is 5.77. The van der Waals surface area contributed by atoms with Crippen molar-refractivity contribution in [1.29, 1.82) is 0 Å². The zero-order valence-corrected chi connectivity index (χ0v) is 19.5. The van der Waals surface area contributed by atoms with E-state index in [1.807, 2.05) is 38.1 Å². The number of sulfonamides is 1. The van der Waals surface area contributed by atoms with Gasteiger partial charge in [-0.05, 0) is 50.8 Å². The molecule has 3 rings (SSSR count). The number of esters is 1. The summed E-state index contributed by atoms with van der Waals surface area (Å²) in [7, 11) is -3.27. The second kappa shape index (κ2) is 10.3. The van der Waals surface area contributed by atoms with Crippen molar-refractivity contribution in [2.45, 2.75) is 39.7 Å². The Morgan fingerprint density at radius 2 is 1.75 bits per heavy atom. The van der Waals surface area contributed by atoms with Gasteiger partial charge in [0, 0.05) is 24.3 Å². The molecule has 1 aliphatic heterocycles. The Kier molecular flexibility index (Phi) is 7.69. The van der Waals surface area contributed by atoms with Gasteiger partial charge in [0.05, 0.1) is 11.7 Å². The molecule has 172 valence electrons. The predicted molar refractivity (Wildman–Crippen MR) is 124 cm³/mol. The van der Waals surface area contributed by atoms with Crippen LogP contribution in [0.3, 0.4) is 0 Å². The quantitative estimate of drug-likeness (QED) is 0.640. The van der Waals surface area contributed by atoms with Crippen LogP contribution < -0.4 is 5.32 Å². The molecule has 0 radical (unpaired) electrons. The minimum atomic E-state index is -3.27. The fraction of sp³-hybridized carbons (Fsp3) is 0.417. The van der Waals surface area contributed by atoms with E-state index in [4.69, 9.17) is 4.74 Å². The van der Waals surface area contributed by atoms with Gasteiger partial charge < -0.3 is 10.1 Å². The molecule has 1 saturated heterocycles. The number of carbonyl (C=O) groups is 2. The van der Waals surface area contributed by atoms with Gasteiger partial charge in [0.1, 0.15) is 0 Å². The monoisotopic (exact) mass is 458 g/mol. The molecule has 2 aromatic rings. The van der Waals surface area contributed by atoms with Crippen molar-refractivity contribution in [3.05, 3.63) is 65.2 Å². The van der Waals surface area contributed by atoms with Gasteiger partial charge in [-0.2, -0.15) is 0 Å². The minimum absolute atomic E-state index is 0.0384. The van der Waals surface area contributed by atoms with Gasteiger partial charge in [0.25, 0.3) is 5.91 Å². The number of benzene rings is 2. The molecule has 8 heteroatoms. The Hall–Kier alpha value is -2.71. The predicted octanol–water partition coefficient (Wildman–Crippen LogP) is 3.59. The highest BCUT2D eigenvalue weighted by Crippen LogP contribution is 2.27. The van der Waals surface area contributed by atoms with Crippen molar-refractivity contribution < 1.29 is 22.7 Å². The average Bonchev–Trinajstić information content (AvgIpc) is 2.80. The van der Waals surface area contributed by atoms with E-state index in [0.29, 0.717) is 24.1 Å². The summed E-state index contributed by atoms with van der Waals surface area (Å²) < 4.78 is 31.3. The van der Waals surface area contributed by atoms with E-state index in [2.05, 4.69) is 5.32 Å². The minimum Gasteiger partial charge on any atom is -0.447 e. The van der Waals surface area contributed by atoms with E-state index in [-0.39, 0.29) is 18.8 Å². The number of hydrogen-bond acceptors (Lipinski definition) is 5. The fourth-order valence-corrected chi connectivity index (χ4v) is 4.87. The van der Waals surface area contributed by atoms with E-state index in [1.165, 1.54) is 4.31 Å². The van der Waals surface area contributed by atoms with Crippen molar-refractivity contribution in [3.63, 3.8) is 0 Å². The summed E-state index contributed by atoms with van der Waals surface area (Å²) in [5.41, 5.74) is 3.17. The molecule has 1 fully saturated rings. The van der Waals surface area contributed by atoms with Crippen LogP contribution in [0.15, 0.2) is 48.5 Å². The van der Waals surface area contributed by atoms with Gasteiger partial charge in [-0.15, -0.1) is 0 Å². The molecule has 2 aromatic carbocycles. The second-order valence-corrected chi connectivity index (χ2v) is 10.4. The van der Waals surface area contributed by atoms with Gasteiger partial charge in [0.15, 0.2) is 0 Å². The number of anilines is 1. The summed E-state index contributed by atoms with van der Waals surface area (Å²) in [6.45, 7) is 6.00. The molecule has 32 heavy (non-hydrogen) atoms. The van der Waals surface area contributed by atoms with E-state index in [1.54, 1.807) is 31.2 Å². The second-order valence-electron chi connectivity index (χ2n) is 8.11. The van der Waals surface area contributed by atoms with E-state index in [0.717, 1.165) is 11.1 Å². The molecule has 1 aliphatic rings. The van der Waals surface area contributed by atoms with Crippen LogP contribution in [0.4, 0.5) is 5.69 Å². The van der Waals surface area contributed by atoms with Crippen molar-refractivity contribution in [2.24, 2.45) is 5.92 Å². The fourth-order valence-electron chi connectivity index (χ4n) is 3.73. The highest BCUT2D eigenvalue weighted by atomic mass is 32.2. The molecule has 7 nitrogen and oxygen atoms in total. The Bertz CT molecular complexity index is 1060. The third kappa shape index (κ3) is 5.75. The van der Waals surface area contributed by atoms with Crippen LogP contribution >= 0.6 is 0 Å². The van der Waals surface area contributed by atoms with Crippen molar-refractivity contribution in [3.8, 4) is 0 Å². The first-order valence-corrected chi connectivity index (χ1v) is 12.4. The zero-order chi connectivity index (χ0) is 23.3. The van der Waals surface area contributed by atoms with Crippen LogP contribution in [0, 0.1) is 19.8 Å². The summed E-state index contributed by atoms with van der Waals surface area (Å²) >= 11 is 0. The molecule has 1 N–H and O–H groups in total. The first kappa shape index (κ1) is 23.9. The highest BCUT2D eigenvalue weighted by Gasteiger charge is 2.34. The number of hydrogen-bond donors (Lipinski definition) is 1. The van der Waals surface area contributed by atoms with Crippen molar-refractivity contribution >= 4 is 27.6 Å². The first-order chi connectivity index (χ1) is 15.2. The Morgan fingerprint density at radius 1 is 1.09 bits per heavy atom. The Morgan fingerprint density at radius 3 is 2.38 bits per heavy atom. The van der Waals surface area contributed by atoms with E-state index in [9.17, 15) is 18.0 Å². The molecule has 0 aromatic heterocycles. The molecule has 0 spiro atoms. The van der Waals surface area contributed by atoms with Crippen molar-refractivity contribution in [2.75, 3.05) is 24.2 Å². The van der Waals surface area contributed by atoms with Gasteiger partial charge in [-0.25, -0.2) is 12.7 Å². The summed E-state index contributed by atoms with van der Waals surface area (Å²) in [5, 5.41) is 2.89. The number of aryl methyl sites for hydroxylation is 2. The summed E-state index contributed by atoms with van der Waals surface area (Å²) in [4.78, 5) is 26.1. The average molecular weight is 459 g/mol. The summed E-state index contributed by atoms with van der Waals surface area (Å²) in [6.07, 6.45) is -0.350. The molecule has 1 amide bonds. The first-order valence-electron chi connectivity index (χ1n) is 10.8. The molecular formula is C24H30N2O5S. The normalized spacial score (nSPS) is 16.3. The number of nitrogens with one attached hydrogen (secondary N) is 1. The summed E-state index contributed by atoms with van der Waals surface area (Å²) in [6, 6.07) is 14.7. The lowest BCUT2D eigenvalue weighted by atomic mass is 9.98. The zero-order valence-electron chi connectivity index (χ0n) is 18.7. The van der Waals surface area contributed by atoms with Crippen LogP contribution in [0.1, 0.15) is 42.6 Å². The maximum Gasteiger partial charge on any atom is 0.310 e. The van der Waals surface area contributed by atoms with Gasteiger partial charge >= 0.3 is 5.97 Å². The van der Waals surface area contributed by atoms with Crippen LogP contribution in [0.2, 0.25) is 0 Å². The Labute approximate surface area is 189 Å². The number of piperidine rings is 1. The smallest absolute Gasteiger partial charge is 0.310 e.